The van der Waals surface area contributed by atoms with E-state index >= 15 is 0 Å². The molecule has 0 spiro atoms. The van der Waals surface area contributed by atoms with Crippen LogP contribution in [-0.2, 0) is 6.61 Å². The van der Waals surface area contributed by atoms with Gasteiger partial charge in [0, 0.05) is 16.2 Å². The molecule has 0 unspecified atom stereocenters. The summed E-state index contributed by atoms with van der Waals surface area (Å²) < 4.78 is 5.67. The van der Waals surface area contributed by atoms with Crippen LogP contribution >= 0.6 is 23.4 Å². The summed E-state index contributed by atoms with van der Waals surface area (Å²) in [5.74, 6) is 1.42. The zero-order valence-electron chi connectivity index (χ0n) is 10.4. The van der Waals surface area contributed by atoms with E-state index in [1.165, 1.54) is 4.90 Å². The lowest BCUT2D eigenvalue weighted by molar-refractivity contribution is 0.267. The summed E-state index contributed by atoms with van der Waals surface area (Å²) in [5, 5.41) is 9.77. The van der Waals surface area contributed by atoms with E-state index in [-0.39, 0.29) is 6.61 Å². The number of hydrogen-bond donors (Lipinski definition) is 1. The highest BCUT2D eigenvalue weighted by Crippen LogP contribution is 2.29. The van der Waals surface area contributed by atoms with E-state index in [0.29, 0.717) is 17.4 Å². The summed E-state index contributed by atoms with van der Waals surface area (Å²) in [4.78, 5) is 1.22. The highest BCUT2D eigenvalue weighted by atomic mass is 35.5. The second-order valence-electron chi connectivity index (χ2n) is 3.90. The van der Waals surface area contributed by atoms with Gasteiger partial charge in [-0.1, -0.05) is 41.9 Å². The minimum Gasteiger partial charge on any atom is -0.491 e. The number of rotatable bonds is 6. The smallest absolute Gasteiger partial charge is 0.143 e. The molecule has 2 nitrogen and oxygen atoms in total. The Morgan fingerprint density at radius 2 is 1.84 bits per heavy atom. The van der Waals surface area contributed by atoms with E-state index in [2.05, 4.69) is 12.1 Å². The first-order valence-corrected chi connectivity index (χ1v) is 7.36. The van der Waals surface area contributed by atoms with Crippen LogP contribution in [0.1, 0.15) is 5.56 Å². The number of benzene rings is 2. The molecule has 0 saturated heterocycles. The van der Waals surface area contributed by atoms with Crippen molar-refractivity contribution < 1.29 is 9.84 Å². The topological polar surface area (TPSA) is 29.5 Å². The fraction of sp³-hybridized carbons (Fsp3) is 0.200. The molecule has 4 heteroatoms. The lowest BCUT2D eigenvalue weighted by Crippen LogP contribution is -2.03. The zero-order valence-corrected chi connectivity index (χ0v) is 12.0. The second-order valence-corrected chi connectivity index (χ2v) is 5.47. The molecule has 2 aromatic carbocycles. The van der Waals surface area contributed by atoms with Gasteiger partial charge in [-0.15, -0.1) is 11.8 Å². The molecule has 0 aromatic heterocycles. The summed E-state index contributed by atoms with van der Waals surface area (Å²) in [6.45, 7) is 0.484. The summed E-state index contributed by atoms with van der Waals surface area (Å²) in [7, 11) is 0. The van der Waals surface area contributed by atoms with Gasteiger partial charge in [0.1, 0.15) is 5.75 Å². The Morgan fingerprint density at radius 1 is 1.05 bits per heavy atom. The monoisotopic (exact) mass is 294 g/mol. The minimum absolute atomic E-state index is 0.0677. The number of ether oxygens (including phenoxy) is 1. The molecular weight excluding hydrogens is 280 g/mol. The van der Waals surface area contributed by atoms with E-state index in [4.69, 9.17) is 16.3 Å². The maximum atomic E-state index is 9.23. The van der Waals surface area contributed by atoms with Crippen LogP contribution in [0, 0.1) is 0 Å². The molecule has 0 aliphatic heterocycles. The summed E-state index contributed by atoms with van der Waals surface area (Å²) in [6.07, 6.45) is 0. The van der Waals surface area contributed by atoms with Crippen molar-refractivity contribution >= 4 is 23.4 Å². The summed E-state index contributed by atoms with van der Waals surface area (Å²) >= 11 is 7.79. The Labute approximate surface area is 122 Å². The first-order chi connectivity index (χ1) is 9.31. The molecule has 1 N–H and O–H groups in total. The van der Waals surface area contributed by atoms with Crippen molar-refractivity contribution in [2.24, 2.45) is 0 Å². The van der Waals surface area contributed by atoms with Crippen LogP contribution in [0.4, 0.5) is 0 Å². The number of hydrogen-bond acceptors (Lipinski definition) is 3. The van der Waals surface area contributed by atoms with E-state index < -0.39 is 0 Å². The predicted octanol–water partition coefficient (Wildman–Crippen LogP) is 4.00. The highest BCUT2D eigenvalue weighted by Gasteiger charge is 2.07. The Hall–Kier alpha value is -1.16. The molecule has 0 heterocycles. The van der Waals surface area contributed by atoms with Crippen molar-refractivity contribution in [3.8, 4) is 5.75 Å². The molecule has 19 heavy (non-hydrogen) atoms. The van der Waals surface area contributed by atoms with Crippen LogP contribution < -0.4 is 4.74 Å². The van der Waals surface area contributed by atoms with Gasteiger partial charge in [0.05, 0.1) is 18.2 Å². The Bertz CT molecular complexity index is 517. The molecule has 2 aromatic rings. The normalized spacial score (nSPS) is 10.4. The van der Waals surface area contributed by atoms with Crippen molar-refractivity contribution in [3.63, 3.8) is 0 Å². The van der Waals surface area contributed by atoms with Crippen LogP contribution in [0.15, 0.2) is 53.4 Å². The largest absolute Gasteiger partial charge is 0.491 e. The summed E-state index contributed by atoms with van der Waals surface area (Å²) in [5.41, 5.74) is 0.720. The Balaban J connectivity index is 1.86. The van der Waals surface area contributed by atoms with E-state index in [9.17, 15) is 5.11 Å². The van der Waals surface area contributed by atoms with Gasteiger partial charge in [-0.2, -0.15) is 0 Å². The molecule has 0 aliphatic carbocycles. The van der Waals surface area contributed by atoms with Gasteiger partial charge in [-0.05, 0) is 18.2 Å². The second kappa shape index (κ2) is 7.43. The fourth-order valence-corrected chi connectivity index (χ4v) is 2.66. The predicted molar refractivity (Wildman–Crippen MR) is 80.0 cm³/mol. The molecule has 0 saturated carbocycles. The van der Waals surface area contributed by atoms with Gasteiger partial charge < -0.3 is 9.84 Å². The molecular formula is C15H15ClO2S. The number of halogens is 1. The maximum Gasteiger partial charge on any atom is 0.143 e. The van der Waals surface area contributed by atoms with Crippen LogP contribution in [0.2, 0.25) is 5.02 Å². The van der Waals surface area contributed by atoms with Crippen LogP contribution in [-0.4, -0.2) is 17.5 Å². The quantitative estimate of drug-likeness (QED) is 0.645. The maximum absolute atomic E-state index is 9.23. The minimum atomic E-state index is -0.0677. The van der Waals surface area contributed by atoms with Gasteiger partial charge in [-0.25, -0.2) is 0 Å². The standard InChI is InChI=1S/C15H15ClO2S/c16-14-8-4-5-12(11-17)15(14)18-9-10-19-13-6-2-1-3-7-13/h1-8,17H,9-11H2. The third kappa shape index (κ3) is 4.16. The first-order valence-electron chi connectivity index (χ1n) is 6.00. The van der Waals surface area contributed by atoms with Crippen LogP contribution in [0.3, 0.4) is 0 Å². The van der Waals surface area contributed by atoms with Gasteiger partial charge in [0.2, 0.25) is 0 Å². The molecule has 0 aliphatic rings. The van der Waals surface area contributed by atoms with E-state index in [1.807, 2.05) is 24.3 Å². The lowest BCUT2D eigenvalue weighted by atomic mass is 10.2. The molecule has 0 amide bonds. The van der Waals surface area contributed by atoms with Crippen LogP contribution in [0.25, 0.3) is 0 Å². The number of aliphatic hydroxyl groups is 1. The lowest BCUT2D eigenvalue weighted by Gasteiger charge is -2.11. The van der Waals surface area contributed by atoms with E-state index in [1.54, 1.807) is 23.9 Å². The highest BCUT2D eigenvalue weighted by molar-refractivity contribution is 7.99. The van der Waals surface area contributed by atoms with Crippen molar-refractivity contribution in [3.05, 3.63) is 59.1 Å². The van der Waals surface area contributed by atoms with E-state index in [0.717, 1.165) is 11.3 Å². The average molecular weight is 295 g/mol. The van der Waals surface area contributed by atoms with Gasteiger partial charge in [0.25, 0.3) is 0 Å². The molecule has 2 rings (SSSR count). The fourth-order valence-electron chi connectivity index (χ4n) is 1.66. The SMILES string of the molecule is OCc1cccc(Cl)c1OCCSc1ccccc1. The molecule has 0 bridgehead atoms. The zero-order chi connectivity index (χ0) is 13.5. The van der Waals surface area contributed by atoms with Gasteiger partial charge in [0.15, 0.2) is 0 Å². The van der Waals surface area contributed by atoms with Crippen molar-refractivity contribution in [1.29, 1.82) is 0 Å². The third-order valence-electron chi connectivity index (χ3n) is 2.56. The van der Waals surface area contributed by atoms with Crippen LogP contribution in [0.5, 0.6) is 5.75 Å². The first kappa shape index (κ1) is 14.3. The number of para-hydroxylation sites is 1. The molecule has 0 fully saturated rings. The average Bonchev–Trinajstić information content (AvgIpc) is 2.46. The van der Waals surface area contributed by atoms with Crippen molar-refractivity contribution in [2.75, 3.05) is 12.4 Å². The van der Waals surface area contributed by atoms with Crippen molar-refractivity contribution in [1.82, 2.24) is 0 Å². The molecule has 0 atom stereocenters. The van der Waals surface area contributed by atoms with Gasteiger partial charge in [-0.3, -0.25) is 0 Å². The molecule has 100 valence electrons. The van der Waals surface area contributed by atoms with Crippen molar-refractivity contribution in [2.45, 2.75) is 11.5 Å². The van der Waals surface area contributed by atoms with Gasteiger partial charge >= 0.3 is 0 Å². The third-order valence-corrected chi connectivity index (χ3v) is 3.83. The number of thioether (sulfide) groups is 1. The Kier molecular flexibility index (Phi) is 5.58. The Morgan fingerprint density at radius 3 is 2.58 bits per heavy atom. The summed E-state index contributed by atoms with van der Waals surface area (Å²) in [6, 6.07) is 15.5. The number of aliphatic hydroxyl groups excluding tert-OH is 1. The molecule has 0 radical (unpaired) electrons.